The van der Waals surface area contributed by atoms with Crippen molar-refractivity contribution in [1.82, 2.24) is 0 Å². The van der Waals surface area contributed by atoms with Crippen molar-refractivity contribution in [2.75, 3.05) is 7.11 Å². The zero-order chi connectivity index (χ0) is 16.6. The van der Waals surface area contributed by atoms with E-state index in [9.17, 15) is 10.2 Å². The molecule has 0 bridgehead atoms. The molecule has 0 aliphatic carbocycles. The first-order valence-corrected chi connectivity index (χ1v) is 7.82. The average molecular weight is 314 g/mol. The van der Waals surface area contributed by atoms with Gasteiger partial charge in [-0.3, -0.25) is 0 Å². The largest absolute Gasteiger partial charge is 0.508 e. The van der Waals surface area contributed by atoms with Crippen LogP contribution in [-0.4, -0.2) is 17.3 Å². The lowest BCUT2D eigenvalue weighted by Gasteiger charge is -2.17. The Morgan fingerprint density at radius 3 is 2.04 bits per heavy atom. The van der Waals surface area contributed by atoms with Crippen LogP contribution in [0.15, 0.2) is 42.5 Å². The SMILES string of the molecule is COc1cc([C@H]2O[C@H](c3ccc(O)cc3)[C@H](C)[C@@H]2C)ccc1O. The molecule has 1 fully saturated rings. The fourth-order valence-corrected chi connectivity index (χ4v) is 3.26. The summed E-state index contributed by atoms with van der Waals surface area (Å²) >= 11 is 0. The minimum absolute atomic E-state index is 0.0182. The number of aromatic hydroxyl groups is 2. The highest BCUT2D eigenvalue weighted by molar-refractivity contribution is 5.43. The molecule has 3 rings (SSSR count). The Morgan fingerprint density at radius 1 is 0.870 bits per heavy atom. The number of benzene rings is 2. The first kappa shape index (κ1) is 15.7. The van der Waals surface area contributed by atoms with Crippen LogP contribution in [0.1, 0.15) is 37.2 Å². The molecular formula is C19H22O4. The van der Waals surface area contributed by atoms with Gasteiger partial charge in [0.1, 0.15) is 5.75 Å². The van der Waals surface area contributed by atoms with E-state index < -0.39 is 0 Å². The van der Waals surface area contributed by atoms with E-state index in [1.165, 1.54) is 0 Å². The Labute approximate surface area is 136 Å². The second kappa shape index (κ2) is 6.13. The maximum Gasteiger partial charge on any atom is 0.160 e. The second-order valence-corrected chi connectivity index (χ2v) is 6.22. The van der Waals surface area contributed by atoms with Gasteiger partial charge in [0.2, 0.25) is 0 Å². The van der Waals surface area contributed by atoms with Crippen LogP contribution in [0.2, 0.25) is 0 Å². The molecule has 122 valence electrons. The molecule has 4 heteroatoms. The van der Waals surface area contributed by atoms with Gasteiger partial charge < -0.3 is 19.7 Å². The van der Waals surface area contributed by atoms with E-state index in [2.05, 4.69) is 13.8 Å². The maximum absolute atomic E-state index is 9.76. The first-order valence-electron chi connectivity index (χ1n) is 7.82. The lowest BCUT2D eigenvalue weighted by molar-refractivity contribution is 0.0289. The number of methoxy groups -OCH3 is 1. The third kappa shape index (κ3) is 2.86. The quantitative estimate of drug-likeness (QED) is 0.892. The molecule has 1 aliphatic heterocycles. The van der Waals surface area contributed by atoms with Crippen molar-refractivity contribution in [3.63, 3.8) is 0 Å². The molecule has 0 unspecified atom stereocenters. The molecule has 2 N–H and O–H groups in total. The fourth-order valence-electron chi connectivity index (χ4n) is 3.26. The Hall–Kier alpha value is -2.20. The van der Waals surface area contributed by atoms with Crippen molar-refractivity contribution in [1.29, 1.82) is 0 Å². The number of hydrogen-bond acceptors (Lipinski definition) is 4. The van der Waals surface area contributed by atoms with Crippen LogP contribution < -0.4 is 4.74 Å². The Balaban J connectivity index is 1.89. The highest BCUT2D eigenvalue weighted by atomic mass is 16.5. The number of rotatable bonds is 3. The molecule has 0 saturated carbocycles. The number of ether oxygens (including phenoxy) is 2. The molecule has 0 aromatic heterocycles. The average Bonchev–Trinajstić information content (AvgIpc) is 2.85. The van der Waals surface area contributed by atoms with Crippen molar-refractivity contribution in [2.45, 2.75) is 26.1 Å². The summed E-state index contributed by atoms with van der Waals surface area (Å²) in [5.74, 6) is 1.50. The van der Waals surface area contributed by atoms with Crippen LogP contribution in [0.25, 0.3) is 0 Å². The van der Waals surface area contributed by atoms with Crippen molar-refractivity contribution < 1.29 is 19.7 Å². The normalized spacial score (nSPS) is 27.1. The topological polar surface area (TPSA) is 58.9 Å². The standard InChI is InChI=1S/C19H22O4/c1-11-12(2)19(14-6-9-16(21)17(10-14)22-3)23-18(11)13-4-7-15(20)8-5-13/h4-12,18-21H,1-3H3/t11-,12+,18+,19+/m1/s1. The predicted molar refractivity (Wildman–Crippen MR) is 87.7 cm³/mol. The lowest BCUT2D eigenvalue weighted by atomic mass is 9.85. The Bertz CT molecular complexity index is 680. The van der Waals surface area contributed by atoms with E-state index >= 15 is 0 Å². The summed E-state index contributed by atoms with van der Waals surface area (Å²) in [7, 11) is 1.54. The third-order valence-electron chi connectivity index (χ3n) is 4.83. The van der Waals surface area contributed by atoms with Crippen molar-refractivity contribution in [3.05, 3.63) is 53.6 Å². The predicted octanol–water partition coefficient (Wildman–Crippen LogP) is 4.19. The maximum atomic E-state index is 9.76. The van der Waals surface area contributed by atoms with Gasteiger partial charge in [-0.1, -0.05) is 32.0 Å². The molecule has 0 radical (unpaired) electrons. The minimum Gasteiger partial charge on any atom is -0.508 e. The van der Waals surface area contributed by atoms with Crippen LogP contribution in [0.5, 0.6) is 17.2 Å². The van der Waals surface area contributed by atoms with Crippen molar-refractivity contribution in [2.24, 2.45) is 11.8 Å². The Morgan fingerprint density at radius 2 is 1.43 bits per heavy atom. The summed E-state index contributed by atoms with van der Waals surface area (Å²) in [5.41, 5.74) is 2.07. The van der Waals surface area contributed by atoms with E-state index in [-0.39, 0.29) is 23.7 Å². The second-order valence-electron chi connectivity index (χ2n) is 6.22. The van der Waals surface area contributed by atoms with Gasteiger partial charge >= 0.3 is 0 Å². The lowest BCUT2D eigenvalue weighted by Crippen LogP contribution is -2.09. The van der Waals surface area contributed by atoms with Crippen LogP contribution in [-0.2, 0) is 4.74 Å². The number of phenolic OH excluding ortho intramolecular Hbond substituents is 2. The van der Waals surface area contributed by atoms with Gasteiger partial charge in [-0.2, -0.15) is 0 Å². The van der Waals surface area contributed by atoms with Gasteiger partial charge in [-0.05, 0) is 47.2 Å². The summed E-state index contributed by atoms with van der Waals surface area (Å²) < 4.78 is 11.5. The zero-order valence-electron chi connectivity index (χ0n) is 13.6. The number of phenols is 2. The summed E-state index contributed by atoms with van der Waals surface area (Å²) in [5, 5.41) is 19.2. The van der Waals surface area contributed by atoms with E-state index in [1.807, 2.05) is 24.3 Å². The van der Waals surface area contributed by atoms with Crippen molar-refractivity contribution >= 4 is 0 Å². The molecular weight excluding hydrogens is 292 g/mol. The molecule has 0 spiro atoms. The van der Waals surface area contributed by atoms with Crippen molar-refractivity contribution in [3.8, 4) is 17.2 Å². The van der Waals surface area contributed by atoms with Gasteiger partial charge in [0.15, 0.2) is 11.5 Å². The first-order chi connectivity index (χ1) is 11.0. The van der Waals surface area contributed by atoms with E-state index in [4.69, 9.17) is 9.47 Å². The van der Waals surface area contributed by atoms with Crippen LogP contribution >= 0.6 is 0 Å². The molecule has 1 heterocycles. The van der Waals surface area contributed by atoms with E-state index in [1.54, 1.807) is 25.3 Å². The van der Waals surface area contributed by atoms with Crippen LogP contribution in [0, 0.1) is 11.8 Å². The molecule has 0 amide bonds. The van der Waals surface area contributed by atoms with Gasteiger partial charge in [0.25, 0.3) is 0 Å². The van der Waals surface area contributed by atoms with Gasteiger partial charge in [-0.15, -0.1) is 0 Å². The zero-order valence-corrected chi connectivity index (χ0v) is 13.6. The highest BCUT2D eigenvalue weighted by Gasteiger charge is 2.40. The van der Waals surface area contributed by atoms with Gasteiger partial charge in [0, 0.05) is 0 Å². The minimum atomic E-state index is -0.0571. The van der Waals surface area contributed by atoms with Gasteiger partial charge in [0.05, 0.1) is 19.3 Å². The van der Waals surface area contributed by atoms with E-state index in [0.29, 0.717) is 17.6 Å². The number of hydrogen-bond donors (Lipinski definition) is 2. The summed E-state index contributed by atoms with van der Waals surface area (Å²) in [6.07, 6.45) is -0.0753. The molecule has 1 aliphatic rings. The molecule has 23 heavy (non-hydrogen) atoms. The van der Waals surface area contributed by atoms with E-state index in [0.717, 1.165) is 11.1 Å². The van der Waals surface area contributed by atoms with Gasteiger partial charge in [-0.25, -0.2) is 0 Å². The fraction of sp³-hybridized carbons (Fsp3) is 0.368. The summed E-state index contributed by atoms with van der Waals surface area (Å²) in [6, 6.07) is 12.5. The summed E-state index contributed by atoms with van der Waals surface area (Å²) in [4.78, 5) is 0. The third-order valence-corrected chi connectivity index (χ3v) is 4.83. The van der Waals surface area contributed by atoms with Crippen LogP contribution in [0.3, 0.4) is 0 Å². The highest BCUT2D eigenvalue weighted by Crippen LogP contribution is 2.49. The molecule has 2 aromatic rings. The molecule has 1 saturated heterocycles. The smallest absolute Gasteiger partial charge is 0.160 e. The Kier molecular flexibility index (Phi) is 4.18. The molecule has 4 nitrogen and oxygen atoms in total. The molecule has 2 aromatic carbocycles. The molecule has 4 atom stereocenters. The monoisotopic (exact) mass is 314 g/mol. The summed E-state index contributed by atoms with van der Waals surface area (Å²) in [6.45, 7) is 4.36. The van der Waals surface area contributed by atoms with Crippen LogP contribution in [0.4, 0.5) is 0 Å².